The number of piperazine rings is 1. The van der Waals surface area contributed by atoms with E-state index in [1.165, 1.54) is 28.8 Å². The van der Waals surface area contributed by atoms with E-state index < -0.39 is 11.5 Å². The number of carbonyl (C=O) groups excluding carboxylic acids is 1. The molecule has 2 aliphatic rings. The highest BCUT2D eigenvalue weighted by Crippen LogP contribution is 2.41. The number of likely N-dealkylation sites (tertiary alicyclic amines) is 1. The van der Waals surface area contributed by atoms with E-state index in [-0.39, 0.29) is 51.6 Å². The van der Waals surface area contributed by atoms with E-state index in [9.17, 15) is 19.1 Å². The molecule has 0 aliphatic carbocycles. The molecule has 1 N–H and O–H groups in total. The predicted octanol–water partition coefficient (Wildman–Crippen LogP) is 5.04. The molecule has 0 spiro atoms. The minimum absolute atomic E-state index is 0.0165. The predicted molar refractivity (Wildman–Crippen MR) is 153 cm³/mol. The van der Waals surface area contributed by atoms with Crippen LogP contribution >= 0.6 is 11.6 Å². The van der Waals surface area contributed by atoms with Crippen LogP contribution in [0.25, 0.3) is 28.0 Å². The first kappa shape index (κ1) is 26.0. The fraction of sp³-hybridized carbons (Fsp3) is 0.267. The summed E-state index contributed by atoms with van der Waals surface area (Å²) < 4.78 is 16.4. The number of fused-ring (bicyclic) bond motifs is 3. The molecule has 2 aliphatic heterocycles. The zero-order valence-electron chi connectivity index (χ0n) is 22.0. The van der Waals surface area contributed by atoms with E-state index in [1.807, 2.05) is 43.0 Å². The van der Waals surface area contributed by atoms with Crippen LogP contribution in [-0.4, -0.2) is 55.6 Å². The third-order valence-corrected chi connectivity index (χ3v) is 8.09. The molecule has 2 atom stereocenters. The van der Waals surface area contributed by atoms with Crippen LogP contribution in [0.5, 0.6) is 5.75 Å². The molecule has 2 fully saturated rings. The van der Waals surface area contributed by atoms with Gasteiger partial charge in [-0.3, -0.25) is 4.79 Å². The number of anilines is 1. The van der Waals surface area contributed by atoms with Gasteiger partial charge in [-0.05, 0) is 48.2 Å². The highest BCUT2D eigenvalue weighted by molar-refractivity contribution is 6.34. The van der Waals surface area contributed by atoms with Crippen LogP contribution in [0.2, 0.25) is 5.02 Å². The first-order valence-electron chi connectivity index (χ1n) is 13.1. The Balaban J connectivity index is 1.62. The fourth-order valence-corrected chi connectivity index (χ4v) is 6.20. The standard InChI is InChI=1S/C30H27ClFN5O3/c1-4-25(39)35-14-18-12-17(35)15-36(18)28-20-13-21(31)27(26-22(32)9-7-11-24(26)38)33-29(20)37(30(40)34-28)23-10-6-5-8-19(23)16(2)3/h4-11,13,16-18,38H,1,12,14-15H2,2-3H3/t17-,18-/m0/s1. The van der Waals surface area contributed by atoms with Crippen LogP contribution in [0.15, 0.2) is 66.0 Å². The van der Waals surface area contributed by atoms with Crippen molar-refractivity contribution in [3.05, 3.63) is 88.1 Å². The second-order valence-corrected chi connectivity index (χ2v) is 10.9. The number of aromatic hydroxyl groups is 1. The molecule has 0 unspecified atom stereocenters. The van der Waals surface area contributed by atoms with Gasteiger partial charge in [-0.1, -0.05) is 56.3 Å². The molecule has 4 heterocycles. The van der Waals surface area contributed by atoms with Crippen molar-refractivity contribution in [2.75, 3.05) is 18.0 Å². The molecule has 204 valence electrons. The van der Waals surface area contributed by atoms with E-state index in [1.54, 1.807) is 11.0 Å². The summed E-state index contributed by atoms with van der Waals surface area (Å²) in [5.74, 6) is -0.630. The van der Waals surface area contributed by atoms with E-state index >= 15 is 0 Å². The van der Waals surface area contributed by atoms with Crippen molar-refractivity contribution in [1.82, 2.24) is 19.4 Å². The van der Waals surface area contributed by atoms with Crippen molar-refractivity contribution >= 4 is 34.4 Å². The number of halogens is 2. The van der Waals surface area contributed by atoms with Crippen LogP contribution < -0.4 is 10.6 Å². The number of hydrogen-bond acceptors (Lipinski definition) is 6. The zero-order chi connectivity index (χ0) is 28.3. The lowest BCUT2D eigenvalue weighted by Crippen LogP contribution is -2.49. The molecule has 8 nitrogen and oxygen atoms in total. The van der Waals surface area contributed by atoms with E-state index in [0.29, 0.717) is 30.0 Å². The Hall–Kier alpha value is -4.24. The number of phenols is 1. The summed E-state index contributed by atoms with van der Waals surface area (Å²) in [6, 6.07) is 13.0. The van der Waals surface area contributed by atoms with Crippen molar-refractivity contribution in [3.63, 3.8) is 0 Å². The van der Waals surface area contributed by atoms with Gasteiger partial charge in [0.2, 0.25) is 5.91 Å². The van der Waals surface area contributed by atoms with Gasteiger partial charge in [0.15, 0.2) is 5.65 Å². The number of aromatic nitrogens is 3. The SMILES string of the molecule is C=CC(=O)N1C[C@@H]2C[C@H]1CN2c1nc(=O)n(-c2ccccc2C(C)C)c2nc(-c3c(O)cccc3F)c(Cl)cc12. The molecular formula is C30H27ClFN5O3. The van der Waals surface area contributed by atoms with Gasteiger partial charge in [0, 0.05) is 13.1 Å². The number of amides is 1. The number of para-hydroxylation sites is 1. The quantitative estimate of drug-likeness (QED) is 0.344. The van der Waals surface area contributed by atoms with Crippen LogP contribution in [-0.2, 0) is 4.79 Å². The van der Waals surface area contributed by atoms with Crippen LogP contribution in [0.1, 0.15) is 31.7 Å². The number of hydrogen-bond donors (Lipinski definition) is 1. The monoisotopic (exact) mass is 559 g/mol. The van der Waals surface area contributed by atoms with Gasteiger partial charge in [-0.15, -0.1) is 0 Å². The van der Waals surface area contributed by atoms with Crippen molar-refractivity contribution in [3.8, 4) is 22.7 Å². The number of carbonyl (C=O) groups is 1. The smallest absolute Gasteiger partial charge is 0.355 e. The second-order valence-electron chi connectivity index (χ2n) is 10.5. The van der Waals surface area contributed by atoms with Gasteiger partial charge < -0.3 is 14.9 Å². The van der Waals surface area contributed by atoms with Gasteiger partial charge in [-0.2, -0.15) is 4.98 Å². The Morgan fingerprint density at radius 2 is 1.93 bits per heavy atom. The largest absolute Gasteiger partial charge is 0.507 e. The number of nitrogens with zero attached hydrogens (tertiary/aromatic N) is 5. The lowest BCUT2D eigenvalue weighted by molar-refractivity contribution is -0.127. The number of rotatable bonds is 5. The minimum Gasteiger partial charge on any atom is -0.507 e. The second kappa shape index (κ2) is 9.75. The average molecular weight is 560 g/mol. The topological polar surface area (TPSA) is 91.6 Å². The van der Waals surface area contributed by atoms with Gasteiger partial charge >= 0.3 is 5.69 Å². The van der Waals surface area contributed by atoms with Crippen molar-refractivity contribution in [1.29, 1.82) is 0 Å². The lowest BCUT2D eigenvalue weighted by atomic mass is 10.0. The van der Waals surface area contributed by atoms with Crippen LogP contribution in [0, 0.1) is 5.82 Å². The maximum Gasteiger partial charge on any atom is 0.355 e. The summed E-state index contributed by atoms with van der Waals surface area (Å²) in [7, 11) is 0. The summed E-state index contributed by atoms with van der Waals surface area (Å²) in [6.45, 7) is 8.63. The first-order valence-corrected chi connectivity index (χ1v) is 13.5. The fourth-order valence-electron chi connectivity index (χ4n) is 5.96. The summed E-state index contributed by atoms with van der Waals surface area (Å²) in [5, 5.41) is 11.1. The molecule has 2 bridgehead atoms. The molecule has 0 saturated carbocycles. The minimum atomic E-state index is -0.691. The van der Waals surface area contributed by atoms with Crippen molar-refractivity contribution in [2.45, 2.75) is 38.3 Å². The molecule has 6 rings (SSSR count). The summed E-state index contributed by atoms with van der Waals surface area (Å²) in [6.07, 6.45) is 2.06. The Kier molecular flexibility index (Phi) is 6.34. The first-order chi connectivity index (χ1) is 19.2. The molecule has 2 aromatic carbocycles. The summed E-state index contributed by atoms with van der Waals surface area (Å²) in [5.41, 5.74) is 1.08. The number of benzene rings is 2. The third-order valence-electron chi connectivity index (χ3n) is 7.80. The van der Waals surface area contributed by atoms with Crippen molar-refractivity contribution < 1.29 is 14.3 Å². The molecule has 1 amide bonds. The highest BCUT2D eigenvalue weighted by atomic mass is 35.5. The molecule has 2 saturated heterocycles. The number of pyridine rings is 1. The molecular weight excluding hydrogens is 533 g/mol. The van der Waals surface area contributed by atoms with E-state index in [2.05, 4.69) is 11.6 Å². The van der Waals surface area contributed by atoms with Gasteiger partial charge in [-0.25, -0.2) is 18.7 Å². The Morgan fingerprint density at radius 1 is 1.15 bits per heavy atom. The normalized spacial score (nSPS) is 18.2. The maximum absolute atomic E-state index is 15.0. The average Bonchev–Trinajstić information content (AvgIpc) is 3.54. The molecule has 0 radical (unpaired) electrons. The molecule has 2 aromatic heterocycles. The van der Waals surface area contributed by atoms with Crippen molar-refractivity contribution in [2.24, 2.45) is 0 Å². The zero-order valence-corrected chi connectivity index (χ0v) is 22.8. The van der Waals surface area contributed by atoms with E-state index in [4.69, 9.17) is 16.6 Å². The number of phenolic OH excluding ortho intramolecular Hbond substituents is 1. The van der Waals surface area contributed by atoms with Gasteiger partial charge in [0.25, 0.3) is 0 Å². The Morgan fingerprint density at radius 3 is 2.60 bits per heavy atom. The Bertz CT molecular complexity index is 1730. The third kappa shape index (κ3) is 4.03. The molecule has 4 aromatic rings. The molecule has 40 heavy (non-hydrogen) atoms. The summed E-state index contributed by atoms with van der Waals surface area (Å²) in [4.78, 5) is 39.2. The molecule has 10 heteroatoms. The summed E-state index contributed by atoms with van der Waals surface area (Å²) >= 11 is 6.70. The van der Waals surface area contributed by atoms with Gasteiger partial charge in [0.1, 0.15) is 17.4 Å². The van der Waals surface area contributed by atoms with Gasteiger partial charge in [0.05, 0.1) is 39.4 Å². The maximum atomic E-state index is 15.0. The van der Waals surface area contributed by atoms with Crippen LogP contribution in [0.3, 0.4) is 0 Å². The van der Waals surface area contributed by atoms with E-state index in [0.717, 1.165) is 12.0 Å². The lowest BCUT2D eigenvalue weighted by Gasteiger charge is -2.35. The highest BCUT2D eigenvalue weighted by Gasteiger charge is 2.46. The Labute approximate surface area is 235 Å². The van der Waals surface area contributed by atoms with Crippen LogP contribution in [0.4, 0.5) is 10.2 Å².